The van der Waals surface area contributed by atoms with E-state index in [-0.39, 0.29) is 0 Å². The number of aliphatic hydroxyl groups is 13. The third-order valence-electron chi connectivity index (χ3n) is 8.17. The van der Waals surface area contributed by atoms with Gasteiger partial charge >= 0.3 is 5.97 Å². The minimum Gasteiger partial charge on any atom is -0.479 e. The molecule has 0 aromatic carbocycles. The SMILES string of the molecule is O=C(O)[C@H]1O[C@H](O[C@@H]2[C@H](O)[C@@H](O[C@@H]3[C@@H](O)[C@H](O[C@H]4[C@H](O)[C@H](O)C(O)O[C@@H]4CO)O[C@H](CO)[C@H]3O)O[C@H](CO)[C@H]2O)[C@H](O)[C@@H](O)[C@@H]1O. The molecule has 22 nitrogen and oxygen atoms in total. The molecule has 0 spiro atoms. The van der Waals surface area contributed by atoms with Crippen molar-refractivity contribution in [2.24, 2.45) is 0 Å². The minimum absolute atomic E-state index is 0.850. The van der Waals surface area contributed by atoms with Crippen molar-refractivity contribution in [2.75, 3.05) is 19.8 Å². The largest absolute Gasteiger partial charge is 0.479 e. The van der Waals surface area contributed by atoms with Gasteiger partial charge in [0.25, 0.3) is 0 Å². The summed E-state index contributed by atoms with van der Waals surface area (Å²) in [7, 11) is 0. The van der Waals surface area contributed by atoms with Gasteiger partial charge in [0.05, 0.1) is 19.8 Å². The molecule has 0 aromatic heterocycles. The summed E-state index contributed by atoms with van der Waals surface area (Å²) in [6.45, 7) is -2.73. The zero-order valence-corrected chi connectivity index (χ0v) is 23.7. The van der Waals surface area contributed by atoms with Crippen LogP contribution in [0, 0.1) is 0 Å². The molecular formula is C24H40O22. The Balaban J connectivity index is 1.54. The standard InChI is InChI=1S/C24H40O22/c25-1-4-8(29)18(14(35)23(41-4)43-16-6(3-27)40-21(39)12(33)11(16)32)45-24-15(36)17(7(28)5(2-26)42-24)44-22-13(34)9(30)10(31)19(46-22)20(37)38/h4-19,21-36,39H,1-3H2,(H,37,38)/t4-,5-,6-,7-,8-,9+,10+,11-,12+,13-,14-,15+,16-,17+,18+,19+,21?,22+,23+,24-/m1/s1. The zero-order chi connectivity index (χ0) is 34.2. The van der Waals surface area contributed by atoms with Crippen molar-refractivity contribution in [3.63, 3.8) is 0 Å². The van der Waals surface area contributed by atoms with Crippen LogP contribution in [-0.2, 0) is 38.0 Å². The Kier molecular flexibility index (Phi) is 12.6. The van der Waals surface area contributed by atoms with Crippen LogP contribution >= 0.6 is 0 Å². The normalized spacial score (nSPS) is 51.9. The summed E-state index contributed by atoms with van der Waals surface area (Å²) in [6, 6.07) is 0. The van der Waals surface area contributed by atoms with E-state index >= 15 is 0 Å². The van der Waals surface area contributed by atoms with Crippen LogP contribution in [0.2, 0.25) is 0 Å². The number of aliphatic carboxylic acids is 1. The lowest BCUT2D eigenvalue weighted by atomic mass is 9.95. The average Bonchev–Trinajstić information content (AvgIpc) is 3.02. The van der Waals surface area contributed by atoms with Crippen molar-refractivity contribution in [2.45, 2.75) is 123 Å². The molecule has 0 aromatic rings. The van der Waals surface area contributed by atoms with E-state index in [2.05, 4.69) is 0 Å². The fraction of sp³-hybridized carbons (Fsp3) is 0.958. The lowest BCUT2D eigenvalue weighted by molar-refractivity contribution is -0.388. The molecule has 4 rings (SSSR count). The Morgan fingerprint density at radius 2 is 0.891 bits per heavy atom. The minimum atomic E-state index is -2.14. The molecule has 1 unspecified atom stereocenters. The molecule has 46 heavy (non-hydrogen) atoms. The van der Waals surface area contributed by atoms with E-state index in [0.29, 0.717) is 0 Å². The monoisotopic (exact) mass is 680 g/mol. The summed E-state index contributed by atoms with van der Waals surface area (Å²) < 4.78 is 37.3. The van der Waals surface area contributed by atoms with E-state index < -0.39 is 149 Å². The second kappa shape index (κ2) is 15.5. The van der Waals surface area contributed by atoms with Crippen LogP contribution in [-0.4, -0.2) is 220 Å². The molecule has 268 valence electrons. The fourth-order valence-corrected chi connectivity index (χ4v) is 5.52. The van der Waals surface area contributed by atoms with Crippen LogP contribution in [0.5, 0.6) is 0 Å². The van der Waals surface area contributed by atoms with Crippen molar-refractivity contribution >= 4 is 5.97 Å². The van der Waals surface area contributed by atoms with Gasteiger partial charge in [0.2, 0.25) is 0 Å². The van der Waals surface area contributed by atoms with E-state index in [1.54, 1.807) is 0 Å². The van der Waals surface area contributed by atoms with E-state index in [1.807, 2.05) is 0 Å². The van der Waals surface area contributed by atoms with Crippen LogP contribution in [0.4, 0.5) is 0 Å². The highest BCUT2D eigenvalue weighted by Crippen LogP contribution is 2.34. The predicted octanol–water partition coefficient (Wildman–Crippen LogP) is -9.66. The molecule has 0 radical (unpaired) electrons. The van der Waals surface area contributed by atoms with Crippen LogP contribution in [0.25, 0.3) is 0 Å². The molecule has 4 aliphatic heterocycles. The van der Waals surface area contributed by atoms with Gasteiger partial charge in [-0.15, -0.1) is 0 Å². The first-order valence-electron chi connectivity index (χ1n) is 14.1. The highest BCUT2D eigenvalue weighted by molar-refractivity contribution is 5.73. The summed E-state index contributed by atoms with van der Waals surface area (Å²) in [5.74, 6) is -1.75. The maximum absolute atomic E-state index is 11.5. The number of rotatable bonds is 10. The topological polar surface area (TPSA) is 365 Å². The molecule has 4 heterocycles. The molecule has 14 N–H and O–H groups in total. The number of aliphatic hydroxyl groups excluding tert-OH is 13. The van der Waals surface area contributed by atoms with Gasteiger partial charge in [0.15, 0.2) is 31.3 Å². The first kappa shape index (κ1) is 37.5. The summed E-state index contributed by atoms with van der Waals surface area (Å²) in [6.07, 6.45) is -38.4. The number of hydrogen-bond donors (Lipinski definition) is 14. The first-order chi connectivity index (χ1) is 21.7. The maximum atomic E-state index is 11.5. The predicted molar refractivity (Wildman–Crippen MR) is 134 cm³/mol. The molecule has 0 saturated carbocycles. The van der Waals surface area contributed by atoms with Crippen molar-refractivity contribution < 1.29 is 109 Å². The van der Waals surface area contributed by atoms with Gasteiger partial charge < -0.3 is 105 Å². The second-order valence-corrected chi connectivity index (χ2v) is 11.2. The lowest BCUT2D eigenvalue weighted by Gasteiger charge is -2.49. The Labute approximate surface area is 258 Å². The number of ether oxygens (including phenoxy) is 7. The molecule has 4 saturated heterocycles. The van der Waals surface area contributed by atoms with Gasteiger partial charge in [-0.2, -0.15) is 0 Å². The Morgan fingerprint density at radius 3 is 1.33 bits per heavy atom. The van der Waals surface area contributed by atoms with Gasteiger partial charge in [-0.05, 0) is 0 Å². The third kappa shape index (κ3) is 7.31. The fourth-order valence-electron chi connectivity index (χ4n) is 5.52. The molecule has 0 amide bonds. The van der Waals surface area contributed by atoms with Crippen molar-refractivity contribution in [3.05, 3.63) is 0 Å². The van der Waals surface area contributed by atoms with E-state index in [0.717, 1.165) is 0 Å². The van der Waals surface area contributed by atoms with Gasteiger partial charge in [0, 0.05) is 0 Å². The maximum Gasteiger partial charge on any atom is 0.335 e. The molecule has 0 aliphatic carbocycles. The Hall–Kier alpha value is -1.33. The second-order valence-electron chi connectivity index (χ2n) is 11.2. The highest BCUT2D eigenvalue weighted by Gasteiger charge is 2.55. The molecule has 4 fully saturated rings. The number of carbonyl (C=O) groups is 1. The average molecular weight is 681 g/mol. The van der Waals surface area contributed by atoms with Crippen LogP contribution in [0.1, 0.15) is 0 Å². The van der Waals surface area contributed by atoms with Crippen molar-refractivity contribution in [1.82, 2.24) is 0 Å². The third-order valence-corrected chi connectivity index (χ3v) is 8.17. The quantitative estimate of drug-likeness (QED) is 0.102. The van der Waals surface area contributed by atoms with Gasteiger partial charge in [-0.25, -0.2) is 4.79 Å². The van der Waals surface area contributed by atoms with Crippen molar-refractivity contribution in [1.29, 1.82) is 0 Å². The molecule has 20 atom stereocenters. The van der Waals surface area contributed by atoms with Crippen molar-refractivity contribution in [3.8, 4) is 0 Å². The van der Waals surface area contributed by atoms with Crippen LogP contribution in [0.15, 0.2) is 0 Å². The number of carboxylic acid groups (broad SMARTS) is 1. The molecule has 4 aliphatic rings. The summed E-state index contributed by atoms with van der Waals surface area (Å²) in [5, 5.41) is 143. The van der Waals surface area contributed by atoms with E-state index in [4.69, 9.17) is 33.2 Å². The van der Waals surface area contributed by atoms with Gasteiger partial charge in [0.1, 0.15) is 91.6 Å². The van der Waals surface area contributed by atoms with Gasteiger partial charge in [-0.3, -0.25) is 0 Å². The number of hydrogen-bond acceptors (Lipinski definition) is 21. The van der Waals surface area contributed by atoms with Crippen LogP contribution in [0.3, 0.4) is 0 Å². The number of carboxylic acids is 1. The Morgan fingerprint density at radius 1 is 0.457 bits per heavy atom. The Bertz CT molecular complexity index is 990. The first-order valence-corrected chi connectivity index (χ1v) is 14.1. The molecular weight excluding hydrogens is 640 g/mol. The lowest BCUT2D eigenvalue weighted by Crippen LogP contribution is -2.68. The summed E-state index contributed by atoms with van der Waals surface area (Å²) >= 11 is 0. The molecule has 0 bridgehead atoms. The summed E-state index contributed by atoms with van der Waals surface area (Å²) in [5.41, 5.74) is 0. The smallest absolute Gasteiger partial charge is 0.335 e. The van der Waals surface area contributed by atoms with Crippen LogP contribution < -0.4 is 0 Å². The van der Waals surface area contributed by atoms with Gasteiger partial charge in [-0.1, -0.05) is 0 Å². The zero-order valence-electron chi connectivity index (χ0n) is 23.7. The molecule has 22 heteroatoms. The van der Waals surface area contributed by atoms with E-state index in [1.165, 1.54) is 0 Å². The highest BCUT2D eigenvalue weighted by atomic mass is 16.8. The summed E-state index contributed by atoms with van der Waals surface area (Å²) in [4.78, 5) is 11.5. The van der Waals surface area contributed by atoms with E-state index in [9.17, 15) is 76.3 Å².